The summed E-state index contributed by atoms with van der Waals surface area (Å²) < 4.78 is 37.4. The number of hydrogen-bond acceptors (Lipinski definition) is 5. The van der Waals surface area contributed by atoms with Crippen LogP contribution in [0.2, 0.25) is 0 Å². The minimum Gasteiger partial charge on any atom is -0.495 e. The highest BCUT2D eigenvalue weighted by Gasteiger charge is 2.30. The lowest BCUT2D eigenvalue weighted by Gasteiger charge is -2.18. The van der Waals surface area contributed by atoms with Crippen LogP contribution < -0.4 is 10.1 Å². The fraction of sp³-hybridized carbons (Fsp3) is 0.353. The van der Waals surface area contributed by atoms with Crippen LogP contribution in [0.5, 0.6) is 5.75 Å². The summed E-state index contributed by atoms with van der Waals surface area (Å²) in [6.45, 7) is 1.20. The van der Waals surface area contributed by atoms with Crippen LogP contribution >= 0.6 is 0 Å². The standard InChI is InChI=1S/C17H20N2O5S/c1-23-15-7-6-13(17(20)18-12-14-5-4-10-24-14)11-16(15)25(21,22)19-8-2-3-9-19/h4-7,10-11H,2-3,8-9,12H2,1H3,(H,18,20). The van der Waals surface area contributed by atoms with Gasteiger partial charge in [0.05, 0.1) is 19.9 Å². The van der Waals surface area contributed by atoms with E-state index < -0.39 is 10.0 Å². The molecule has 8 heteroatoms. The third-order valence-corrected chi connectivity index (χ3v) is 6.03. The summed E-state index contributed by atoms with van der Waals surface area (Å²) in [4.78, 5) is 12.4. The number of nitrogens with zero attached hydrogens (tertiary/aromatic N) is 1. The lowest BCUT2D eigenvalue weighted by Crippen LogP contribution is -2.29. The van der Waals surface area contributed by atoms with Gasteiger partial charge in [-0.2, -0.15) is 4.31 Å². The van der Waals surface area contributed by atoms with Gasteiger partial charge in [0.2, 0.25) is 10.0 Å². The predicted molar refractivity (Wildman–Crippen MR) is 90.9 cm³/mol. The van der Waals surface area contributed by atoms with Crippen LogP contribution in [0.25, 0.3) is 0 Å². The number of rotatable bonds is 6. The van der Waals surface area contributed by atoms with Crippen LogP contribution in [0.15, 0.2) is 45.9 Å². The van der Waals surface area contributed by atoms with E-state index in [4.69, 9.17) is 9.15 Å². The Kier molecular flexibility index (Phi) is 5.10. The largest absolute Gasteiger partial charge is 0.495 e. The van der Waals surface area contributed by atoms with Crippen molar-refractivity contribution in [1.29, 1.82) is 0 Å². The van der Waals surface area contributed by atoms with E-state index in [1.165, 1.54) is 29.8 Å². The fourth-order valence-electron chi connectivity index (χ4n) is 2.77. The highest BCUT2D eigenvalue weighted by Crippen LogP contribution is 2.29. The smallest absolute Gasteiger partial charge is 0.251 e. The van der Waals surface area contributed by atoms with Gasteiger partial charge in [-0.25, -0.2) is 8.42 Å². The van der Waals surface area contributed by atoms with E-state index >= 15 is 0 Å². The molecule has 3 rings (SSSR count). The Morgan fingerprint density at radius 3 is 2.68 bits per heavy atom. The Hall–Kier alpha value is -2.32. The first-order valence-electron chi connectivity index (χ1n) is 8.01. The SMILES string of the molecule is COc1ccc(C(=O)NCc2ccco2)cc1S(=O)(=O)N1CCCC1. The number of sulfonamides is 1. The summed E-state index contributed by atoms with van der Waals surface area (Å²) in [5.74, 6) is 0.471. The zero-order valence-electron chi connectivity index (χ0n) is 13.9. The van der Waals surface area contributed by atoms with E-state index in [9.17, 15) is 13.2 Å². The van der Waals surface area contributed by atoms with Crippen molar-refractivity contribution in [1.82, 2.24) is 9.62 Å². The van der Waals surface area contributed by atoms with E-state index in [0.717, 1.165) is 12.8 Å². The van der Waals surface area contributed by atoms with Gasteiger partial charge in [0.25, 0.3) is 5.91 Å². The number of hydrogen-bond donors (Lipinski definition) is 1. The highest BCUT2D eigenvalue weighted by atomic mass is 32.2. The number of carbonyl (C=O) groups excluding carboxylic acids is 1. The van der Waals surface area contributed by atoms with Gasteiger partial charge < -0.3 is 14.5 Å². The lowest BCUT2D eigenvalue weighted by molar-refractivity contribution is 0.0947. The number of benzene rings is 1. The molecule has 0 saturated carbocycles. The summed E-state index contributed by atoms with van der Waals surface area (Å²) in [7, 11) is -2.27. The molecule has 0 radical (unpaired) electrons. The molecule has 1 aromatic heterocycles. The topological polar surface area (TPSA) is 88.8 Å². The predicted octanol–water partition coefficient (Wildman–Crippen LogP) is 2.00. The van der Waals surface area contributed by atoms with E-state index in [0.29, 0.717) is 18.8 Å². The van der Waals surface area contributed by atoms with Gasteiger partial charge in [-0.1, -0.05) is 0 Å². The minimum atomic E-state index is -3.69. The average Bonchev–Trinajstić information content (AvgIpc) is 3.32. The first-order valence-corrected chi connectivity index (χ1v) is 9.45. The first-order chi connectivity index (χ1) is 12.0. The van der Waals surface area contributed by atoms with E-state index in [1.807, 2.05) is 0 Å². The van der Waals surface area contributed by atoms with Gasteiger partial charge in [0, 0.05) is 18.7 Å². The van der Waals surface area contributed by atoms with Gasteiger partial charge >= 0.3 is 0 Å². The normalized spacial score (nSPS) is 15.2. The maximum atomic E-state index is 12.8. The molecule has 0 spiro atoms. The van der Waals surface area contributed by atoms with Gasteiger partial charge in [-0.05, 0) is 43.2 Å². The van der Waals surface area contributed by atoms with Crippen molar-refractivity contribution in [2.75, 3.05) is 20.2 Å². The van der Waals surface area contributed by atoms with Crippen molar-refractivity contribution in [2.45, 2.75) is 24.3 Å². The van der Waals surface area contributed by atoms with Crippen LogP contribution in [0.4, 0.5) is 0 Å². The molecule has 1 N–H and O–H groups in total. The van der Waals surface area contributed by atoms with Crippen molar-refractivity contribution in [3.8, 4) is 5.75 Å². The molecule has 1 fully saturated rings. The summed E-state index contributed by atoms with van der Waals surface area (Å²) in [6.07, 6.45) is 3.20. The monoisotopic (exact) mass is 364 g/mol. The van der Waals surface area contributed by atoms with E-state index in [-0.39, 0.29) is 28.7 Å². The second kappa shape index (κ2) is 7.28. The van der Waals surface area contributed by atoms with Gasteiger partial charge in [-0.15, -0.1) is 0 Å². The van der Waals surface area contributed by atoms with Crippen molar-refractivity contribution in [2.24, 2.45) is 0 Å². The second-order valence-corrected chi connectivity index (χ2v) is 7.65. The molecule has 2 heterocycles. The average molecular weight is 364 g/mol. The number of amides is 1. The molecule has 1 aliphatic rings. The lowest BCUT2D eigenvalue weighted by atomic mass is 10.2. The summed E-state index contributed by atoms with van der Waals surface area (Å²) in [6, 6.07) is 7.89. The second-order valence-electron chi connectivity index (χ2n) is 5.74. The van der Waals surface area contributed by atoms with E-state index in [2.05, 4.69) is 5.32 Å². The number of methoxy groups -OCH3 is 1. The summed E-state index contributed by atoms with van der Waals surface area (Å²) >= 11 is 0. The quantitative estimate of drug-likeness (QED) is 0.847. The molecule has 0 aliphatic carbocycles. The molecular weight excluding hydrogens is 344 g/mol. The van der Waals surface area contributed by atoms with Gasteiger partial charge in [0.1, 0.15) is 16.4 Å². The third kappa shape index (κ3) is 3.69. The van der Waals surface area contributed by atoms with Gasteiger partial charge in [0.15, 0.2) is 0 Å². The molecule has 25 heavy (non-hydrogen) atoms. The molecule has 1 amide bonds. The Bertz CT molecular complexity index is 840. The summed E-state index contributed by atoms with van der Waals surface area (Å²) in [5.41, 5.74) is 0.255. The molecule has 2 aromatic rings. The van der Waals surface area contributed by atoms with Crippen LogP contribution in [-0.4, -0.2) is 38.8 Å². The zero-order valence-corrected chi connectivity index (χ0v) is 14.7. The third-order valence-electron chi connectivity index (χ3n) is 4.11. The molecule has 0 atom stereocenters. The zero-order chi connectivity index (χ0) is 17.9. The highest BCUT2D eigenvalue weighted by molar-refractivity contribution is 7.89. The Labute approximate surface area is 146 Å². The number of furan rings is 1. The Balaban J connectivity index is 1.85. The minimum absolute atomic E-state index is 0.0162. The van der Waals surface area contributed by atoms with Crippen LogP contribution in [0.1, 0.15) is 29.0 Å². The molecule has 0 unspecified atom stereocenters. The molecular formula is C17H20N2O5S. The Morgan fingerprint density at radius 1 is 1.28 bits per heavy atom. The molecule has 7 nitrogen and oxygen atoms in total. The van der Waals surface area contributed by atoms with Crippen molar-refractivity contribution in [3.05, 3.63) is 47.9 Å². The first kappa shape index (κ1) is 17.5. The van der Waals surface area contributed by atoms with Crippen LogP contribution in [0.3, 0.4) is 0 Å². The maximum Gasteiger partial charge on any atom is 0.251 e. The number of nitrogens with one attached hydrogen (secondary N) is 1. The number of ether oxygens (including phenoxy) is 1. The van der Waals surface area contributed by atoms with Crippen molar-refractivity contribution < 1.29 is 22.4 Å². The number of carbonyl (C=O) groups is 1. The molecule has 0 bridgehead atoms. The Morgan fingerprint density at radius 2 is 2.04 bits per heavy atom. The molecule has 134 valence electrons. The van der Waals surface area contributed by atoms with E-state index in [1.54, 1.807) is 18.2 Å². The van der Waals surface area contributed by atoms with Crippen LogP contribution in [-0.2, 0) is 16.6 Å². The summed E-state index contributed by atoms with van der Waals surface area (Å²) in [5, 5.41) is 2.71. The maximum absolute atomic E-state index is 12.8. The van der Waals surface area contributed by atoms with Crippen LogP contribution in [0, 0.1) is 0 Å². The fourth-order valence-corrected chi connectivity index (χ4v) is 4.47. The van der Waals surface area contributed by atoms with Crippen molar-refractivity contribution in [3.63, 3.8) is 0 Å². The molecule has 1 aromatic carbocycles. The molecule has 1 saturated heterocycles. The van der Waals surface area contributed by atoms with Crippen molar-refractivity contribution >= 4 is 15.9 Å². The van der Waals surface area contributed by atoms with Gasteiger partial charge in [-0.3, -0.25) is 4.79 Å². The molecule has 1 aliphatic heterocycles.